The summed E-state index contributed by atoms with van der Waals surface area (Å²) in [6.45, 7) is 0. The second kappa shape index (κ2) is 8.37. The Balaban J connectivity index is 1.49. The van der Waals surface area contributed by atoms with Crippen LogP contribution in [0.1, 0.15) is 17.5 Å². The molecule has 0 spiro atoms. The van der Waals surface area contributed by atoms with Crippen LogP contribution in [0.15, 0.2) is 77.4 Å². The van der Waals surface area contributed by atoms with Crippen LogP contribution in [0.25, 0.3) is 15.9 Å². The highest BCUT2D eigenvalue weighted by Gasteiger charge is 2.29. The molecule has 9 heteroatoms. The van der Waals surface area contributed by atoms with Crippen LogP contribution in [0.4, 0.5) is 0 Å². The summed E-state index contributed by atoms with van der Waals surface area (Å²) in [4.78, 5) is 4.73. The number of aryl methyl sites for hydroxylation is 1. The summed E-state index contributed by atoms with van der Waals surface area (Å²) in [5, 5.41) is 2.63. The number of para-hydroxylation sites is 1. The van der Waals surface area contributed by atoms with Crippen molar-refractivity contribution in [2.75, 3.05) is 0 Å². The average molecular weight is 485 g/mol. The quantitative estimate of drug-likeness (QED) is 0.361. The van der Waals surface area contributed by atoms with Gasteiger partial charge in [-0.2, -0.15) is 8.42 Å². The fraction of sp³-hybridized carbons (Fsp3) is 0.174. The number of hydrogen-bond acceptors (Lipinski definition) is 5. The summed E-state index contributed by atoms with van der Waals surface area (Å²) in [5.74, 6) is 0. The SMILES string of the molecule is NC(CCc1cn(S(=O)(=O)c2c(Cl)nc3sccn23)c2ccccc12)Cc1ccccc1. The van der Waals surface area contributed by atoms with E-state index in [1.165, 1.54) is 25.3 Å². The topological polar surface area (TPSA) is 82.4 Å². The first-order valence-electron chi connectivity index (χ1n) is 10.2. The van der Waals surface area contributed by atoms with Crippen LogP contribution < -0.4 is 5.73 Å². The van der Waals surface area contributed by atoms with Crippen LogP contribution in [-0.2, 0) is 22.9 Å². The molecule has 0 bridgehead atoms. The van der Waals surface area contributed by atoms with Gasteiger partial charge in [0.1, 0.15) is 0 Å². The molecular formula is C23H21ClN4O2S2. The van der Waals surface area contributed by atoms with Gasteiger partial charge in [-0.05, 0) is 36.5 Å². The van der Waals surface area contributed by atoms with Crippen molar-refractivity contribution in [1.82, 2.24) is 13.4 Å². The number of nitrogens with zero attached hydrogens (tertiary/aromatic N) is 3. The molecule has 0 fully saturated rings. The fourth-order valence-electron chi connectivity index (χ4n) is 4.04. The van der Waals surface area contributed by atoms with Crippen LogP contribution >= 0.6 is 22.9 Å². The molecule has 0 aliphatic carbocycles. The highest BCUT2D eigenvalue weighted by atomic mass is 35.5. The number of rotatable bonds is 7. The molecule has 2 N–H and O–H groups in total. The van der Waals surface area contributed by atoms with Gasteiger partial charge in [0.2, 0.25) is 5.03 Å². The number of fused-ring (bicyclic) bond motifs is 2. The van der Waals surface area contributed by atoms with Gasteiger partial charge in [-0.1, -0.05) is 60.1 Å². The van der Waals surface area contributed by atoms with Gasteiger partial charge in [0.15, 0.2) is 10.1 Å². The molecule has 6 nitrogen and oxygen atoms in total. The lowest BCUT2D eigenvalue weighted by atomic mass is 9.99. The van der Waals surface area contributed by atoms with Gasteiger partial charge in [-0.25, -0.2) is 8.96 Å². The first-order chi connectivity index (χ1) is 15.4. The Labute approximate surface area is 194 Å². The summed E-state index contributed by atoms with van der Waals surface area (Å²) >= 11 is 7.58. The maximum atomic E-state index is 13.6. The van der Waals surface area contributed by atoms with Crippen molar-refractivity contribution in [1.29, 1.82) is 0 Å². The maximum Gasteiger partial charge on any atom is 0.287 e. The Morgan fingerprint density at radius 3 is 2.66 bits per heavy atom. The first-order valence-corrected chi connectivity index (χ1v) is 12.9. The Kier molecular flexibility index (Phi) is 5.54. The molecule has 1 atom stereocenters. The lowest BCUT2D eigenvalue weighted by molar-refractivity contribution is 0.584. The zero-order chi connectivity index (χ0) is 22.3. The third-order valence-electron chi connectivity index (χ3n) is 5.57. The van der Waals surface area contributed by atoms with Crippen molar-refractivity contribution in [2.24, 2.45) is 5.73 Å². The predicted octanol–water partition coefficient (Wildman–Crippen LogP) is 4.74. The highest BCUT2D eigenvalue weighted by molar-refractivity contribution is 7.90. The molecule has 0 aliphatic heterocycles. The Morgan fingerprint density at radius 1 is 1.09 bits per heavy atom. The van der Waals surface area contributed by atoms with E-state index in [-0.39, 0.29) is 16.2 Å². The number of nitrogens with two attached hydrogens (primary N) is 1. The largest absolute Gasteiger partial charge is 0.327 e. The highest BCUT2D eigenvalue weighted by Crippen LogP contribution is 2.31. The van der Waals surface area contributed by atoms with Gasteiger partial charge in [0, 0.05) is 29.2 Å². The normalized spacial score (nSPS) is 13.2. The van der Waals surface area contributed by atoms with Crippen LogP contribution in [0.2, 0.25) is 5.15 Å². The maximum absolute atomic E-state index is 13.6. The molecule has 3 heterocycles. The van der Waals surface area contributed by atoms with E-state index < -0.39 is 10.0 Å². The minimum Gasteiger partial charge on any atom is -0.327 e. The van der Waals surface area contributed by atoms with Gasteiger partial charge < -0.3 is 5.73 Å². The van der Waals surface area contributed by atoms with Crippen molar-refractivity contribution in [2.45, 2.75) is 30.3 Å². The number of aromatic nitrogens is 3. The van der Waals surface area contributed by atoms with Gasteiger partial charge >= 0.3 is 0 Å². The number of benzene rings is 2. The predicted molar refractivity (Wildman–Crippen MR) is 129 cm³/mol. The number of imidazole rings is 1. The Hall–Kier alpha value is -2.65. The Morgan fingerprint density at radius 2 is 1.84 bits per heavy atom. The van der Waals surface area contributed by atoms with E-state index in [2.05, 4.69) is 17.1 Å². The van der Waals surface area contributed by atoms with Gasteiger partial charge in [-0.15, -0.1) is 11.3 Å². The Bertz CT molecular complexity index is 1500. The third-order valence-corrected chi connectivity index (χ3v) is 8.40. The molecule has 3 aromatic heterocycles. The van der Waals surface area contributed by atoms with Crippen molar-refractivity contribution >= 4 is 48.8 Å². The molecule has 1 unspecified atom stereocenters. The number of halogens is 1. The van der Waals surface area contributed by atoms with Gasteiger partial charge in [-0.3, -0.25) is 4.40 Å². The smallest absolute Gasteiger partial charge is 0.287 e. The standard InChI is InChI=1S/C23H21ClN4O2S2/c24-21-22(27-12-13-31-23(27)26-21)32(29,30)28-15-17(19-8-4-5-9-20(19)28)10-11-18(25)14-16-6-2-1-3-7-16/h1-9,12-13,15,18H,10-11,14,25H2. The van der Waals surface area contributed by atoms with E-state index in [1.807, 2.05) is 36.4 Å². The molecule has 5 aromatic rings. The van der Waals surface area contributed by atoms with Gasteiger partial charge in [0.25, 0.3) is 10.0 Å². The van der Waals surface area contributed by atoms with Crippen molar-refractivity contribution < 1.29 is 8.42 Å². The number of thiazole rings is 1. The van der Waals surface area contributed by atoms with E-state index >= 15 is 0 Å². The molecule has 5 rings (SSSR count). The second-order valence-electron chi connectivity index (χ2n) is 7.72. The lowest BCUT2D eigenvalue weighted by Gasteiger charge is -2.11. The van der Waals surface area contributed by atoms with Crippen LogP contribution in [0.3, 0.4) is 0 Å². The molecule has 0 amide bonds. The van der Waals surface area contributed by atoms with E-state index in [9.17, 15) is 8.42 Å². The summed E-state index contributed by atoms with van der Waals surface area (Å²) in [7, 11) is -3.96. The van der Waals surface area contributed by atoms with E-state index in [0.717, 1.165) is 23.8 Å². The molecule has 0 saturated carbocycles. The van der Waals surface area contributed by atoms with E-state index in [0.29, 0.717) is 16.9 Å². The van der Waals surface area contributed by atoms with Crippen LogP contribution in [0, 0.1) is 0 Å². The van der Waals surface area contributed by atoms with Crippen LogP contribution in [0.5, 0.6) is 0 Å². The lowest BCUT2D eigenvalue weighted by Crippen LogP contribution is -2.23. The zero-order valence-corrected chi connectivity index (χ0v) is 19.4. The fourth-order valence-corrected chi connectivity index (χ4v) is 6.85. The summed E-state index contributed by atoms with van der Waals surface area (Å²) in [6, 6.07) is 17.6. The zero-order valence-electron chi connectivity index (χ0n) is 17.1. The molecule has 0 radical (unpaired) electrons. The van der Waals surface area contributed by atoms with Crippen molar-refractivity contribution in [3.05, 3.63) is 88.7 Å². The monoisotopic (exact) mass is 484 g/mol. The minimum atomic E-state index is -3.96. The molecule has 2 aromatic carbocycles. The van der Waals surface area contributed by atoms with Crippen molar-refractivity contribution in [3.8, 4) is 0 Å². The molecular weight excluding hydrogens is 464 g/mol. The van der Waals surface area contributed by atoms with Crippen LogP contribution in [-0.4, -0.2) is 27.8 Å². The summed E-state index contributed by atoms with van der Waals surface area (Å²) in [5.41, 5.74) is 9.13. The minimum absolute atomic E-state index is 0.0224. The molecule has 164 valence electrons. The first kappa shape index (κ1) is 21.2. The van der Waals surface area contributed by atoms with E-state index in [4.69, 9.17) is 17.3 Å². The van der Waals surface area contributed by atoms with Crippen molar-refractivity contribution in [3.63, 3.8) is 0 Å². The third kappa shape index (κ3) is 3.73. The summed E-state index contributed by atoms with van der Waals surface area (Å²) in [6.07, 6.45) is 5.55. The van der Waals surface area contributed by atoms with Gasteiger partial charge in [0.05, 0.1) is 5.52 Å². The molecule has 32 heavy (non-hydrogen) atoms. The average Bonchev–Trinajstić information content (AvgIpc) is 3.45. The summed E-state index contributed by atoms with van der Waals surface area (Å²) < 4.78 is 30.1. The number of hydrogen-bond donors (Lipinski definition) is 1. The second-order valence-corrected chi connectivity index (χ2v) is 10.7. The molecule has 0 saturated heterocycles. The molecule has 0 aliphatic rings. The van der Waals surface area contributed by atoms with E-state index in [1.54, 1.807) is 23.8 Å².